The van der Waals surface area contributed by atoms with Crippen LogP contribution in [0.5, 0.6) is 23.0 Å². The molecular weight excluding hydrogens is 752 g/mol. The number of allylic oxidation sites excluding steroid dienone is 1. The van der Waals surface area contributed by atoms with E-state index in [0.29, 0.717) is 65.3 Å². The van der Waals surface area contributed by atoms with Crippen LogP contribution in [-0.4, -0.2) is 50.5 Å². The van der Waals surface area contributed by atoms with Crippen LogP contribution >= 0.6 is 38.9 Å². The van der Waals surface area contributed by atoms with Gasteiger partial charge in [0.05, 0.1) is 53.8 Å². The molecule has 2 heterocycles. The number of rotatable bonds is 13. The van der Waals surface area contributed by atoms with Crippen molar-refractivity contribution in [3.8, 4) is 23.0 Å². The van der Waals surface area contributed by atoms with Gasteiger partial charge in [-0.3, -0.25) is 9.36 Å². The van der Waals surface area contributed by atoms with E-state index < -0.39 is 18.0 Å². The van der Waals surface area contributed by atoms with Crippen LogP contribution in [0.1, 0.15) is 43.5 Å². The second-order valence-corrected chi connectivity index (χ2v) is 13.0. The average molecular weight is 786 g/mol. The number of methoxy groups -OCH3 is 2. The maximum atomic E-state index is 14.2. The van der Waals surface area contributed by atoms with E-state index in [1.54, 1.807) is 57.2 Å². The number of carbonyl (C=O) groups excluding carboxylic acids is 2. The number of carbonyl (C=O) groups is 2. The van der Waals surface area contributed by atoms with Crippen molar-refractivity contribution in [1.82, 2.24) is 4.57 Å². The first-order chi connectivity index (χ1) is 24.1. The van der Waals surface area contributed by atoms with Crippen LogP contribution in [0.3, 0.4) is 0 Å². The summed E-state index contributed by atoms with van der Waals surface area (Å²) in [5, 5.41) is 0.589. The van der Waals surface area contributed by atoms with Crippen LogP contribution < -0.4 is 33.8 Å². The number of halogens is 2. The molecular formula is C36H34BrClN2O9S. The molecule has 1 aliphatic heterocycles. The van der Waals surface area contributed by atoms with Crippen LogP contribution in [0.25, 0.3) is 6.08 Å². The van der Waals surface area contributed by atoms with Crippen LogP contribution in [0.4, 0.5) is 0 Å². The van der Waals surface area contributed by atoms with Crippen molar-refractivity contribution in [1.29, 1.82) is 0 Å². The van der Waals surface area contributed by atoms with E-state index in [9.17, 15) is 14.4 Å². The Hall–Kier alpha value is -4.59. The van der Waals surface area contributed by atoms with Crippen molar-refractivity contribution in [2.75, 3.05) is 34.0 Å². The summed E-state index contributed by atoms with van der Waals surface area (Å²) in [6.07, 6.45) is 1.73. The summed E-state index contributed by atoms with van der Waals surface area (Å²) in [5.74, 6) is 0.383. The Bertz CT molecular complexity index is 2140. The maximum absolute atomic E-state index is 14.2. The molecule has 0 fully saturated rings. The van der Waals surface area contributed by atoms with Crippen molar-refractivity contribution in [3.63, 3.8) is 0 Å². The van der Waals surface area contributed by atoms with Crippen molar-refractivity contribution >= 4 is 56.9 Å². The minimum Gasteiger partial charge on any atom is -0.493 e. The smallest absolute Gasteiger partial charge is 0.343 e. The molecule has 1 aliphatic rings. The number of hydrogen-bond acceptors (Lipinski definition) is 11. The molecule has 0 saturated heterocycles. The summed E-state index contributed by atoms with van der Waals surface area (Å²) in [7, 11) is 2.80. The number of thiazole rings is 1. The molecule has 0 aliphatic carbocycles. The zero-order valence-corrected chi connectivity index (χ0v) is 31.1. The molecule has 5 rings (SSSR count). The summed E-state index contributed by atoms with van der Waals surface area (Å²) >= 11 is 11.1. The van der Waals surface area contributed by atoms with Gasteiger partial charge in [0.1, 0.15) is 6.61 Å². The molecule has 0 bridgehead atoms. The van der Waals surface area contributed by atoms with Gasteiger partial charge < -0.3 is 28.4 Å². The highest BCUT2D eigenvalue weighted by molar-refractivity contribution is 9.10. The number of aromatic nitrogens is 1. The van der Waals surface area contributed by atoms with Gasteiger partial charge in [-0.25, -0.2) is 14.6 Å². The van der Waals surface area contributed by atoms with E-state index in [-0.39, 0.29) is 31.0 Å². The molecule has 14 heteroatoms. The third kappa shape index (κ3) is 7.90. The van der Waals surface area contributed by atoms with E-state index in [1.165, 1.54) is 30.1 Å². The Morgan fingerprint density at radius 2 is 1.78 bits per heavy atom. The Balaban J connectivity index is 1.59. The summed E-state index contributed by atoms with van der Waals surface area (Å²) < 4.78 is 35.8. The first-order valence-corrected chi connectivity index (χ1v) is 17.5. The second-order valence-electron chi connectivity index (χ2n) is 10.7. The van der Waals surface area contributed by atoms with Gasteiger partial charge in [0.15, 0.2) is 34.4 Å². The molecule has 1 aromatic heterocycles. The van der Waals surface area contributed by atoms with Crippen molar-refractivity contribution in [2.24, 2.45) is 4.99 Å². The Kier molecular flexibility index (Phi) is 12.0. The monoisotopic (exact) mass is 784 g/mol. The number of benzene rings is 3. The molecule has 0 spiro atoms. The minimum absolute atomic E-state index is 0.131. The normalized spacial score (nSPS) is 14.1. The SMILES string of the molecule is CCOC(=O)C1=C(C)N=c2s/c(=C/c3cc(Br)c(OCc4ccccc4Cl)c(OC)c3)c(=O)n2[C@@H]1c1ccc(OCC(=O)OC)c(OCC)c1. The average Bonchev–Trinajstić information content (AvgIpc) is 3.40. The first-order valence-electron chi connectivity index (χ1n) is 15.5. The van der Waals surface area contributed by atoms with Crippen molar-refractivity contribution < 1.29 is 38.0 Å². The standard InChI is InChI=1S/C36H34BrClN2O9S/c1-6-46-27-17-22(12-13-26(27)48-19-30(41)45-5)32-31(35(43)47-7-2)20(3)39-36-40(32)34(42)29(50-36)16-21-14-24(37)33(28(15-21)44-4)49-18-23-10-8-9-11-25(23)38/h8-17,32H,6-7,18-19H2,1-5H3/b29-16+/t32-/m1/s1. The maximum Gasteiger partial charge on any atom is 0.343 e. The Morgan fingerprint density at radius 1 is 1.00 bits per heavy atom. The fourth-order valence-corrected chi connectivity index (χ4v) is 7.08. The molecule has 4 aromatic rings. The van der Waals surface area contributed by atoms with E-state index in [1.807, 2.05) is 24.3 Å². The first kappa shape index (κ1) is 36.7. The lowest BCUT2D eigenvalue weighted by molar-refractivity contribution is -0.143. The highest BCUT2D eigenvalue weighted by Crippen LogP contribution is 2.39. The fourth-order valence-electron chi connectivity index (χ4n) is 5.26. The van der Waals surface area contributed by atoms with Gasteiger partial charge in [-0.2, -0.15) is 0 Å². The summed E-state index contributed by atoms with van der Waals surface area (Å²) in [5.41, 5.74) is 2.28. The molecule has 1 atom stereocenters. The molecule has 0 unspecified atom stereocenters. The van der Waals surface area contributed by atoms with E-state index in [0.717, 1.165) is 5.56 Å². The van der Waals surface area contributed by atoms with Crippen LogP contribution in [0.2, 0.25) is 5.02 Å². The zero-order valence-electron chi connectivity index (χ0n) is 27.9. The van der Waals surface area contributed by atoms with Crippen LogP contribution in [0, 0.1) is 0 Å². The molecule has 0 amide bonds. The van der Waals surface area contributed by atoms with Gasteiger partial charge in [-0.15, -0.1) is 0 Å². The summed E-state index contributed by atoms with van der Waals surface area (Å²) in [4.78, 5) is 44.4. The predicted molar refractivity (Wildman–Crippen MR) is 192 cm³/mol. The largest absolute Gasteiger partial charge is 0.493 e. The number of nitrogens with zero attached hydrogens (tertiary/aromatic N) is 2. The van der Waals surface area contributed by atoms with Crippen molar-refractivity contribution in [3.05, 3.63) is 112 Å². The molecule has 0 N–H and O–H groups in total. The van der Waals surface area contributed by atoms with Crippen molar-refractivity contribution in [2.45, 2.75) is 33.4 Å². The molecule has 262 valence electrons. The van der Waals surface area contributed by atoms with Gasteiger partial charge in [-0.1, -0.05) is 47.2 Å². The van der Waals surface area contributed by atoms with Crippen LogP contribution in [0.15, 0.2) is 80.1 Å². The lowest BCUT2D eigenvalue weighted by Gasteiger charge is -2.25. The molecule has 0 radical (unpaired) electrons. The molecule has 50 heavy (non-hydrogen) atoms. The number of ether oxygens (including phenoxy) is 6. The van der Waals surface area contributed by atoms with Gasteiger partial charge in [0.25, 0.3) is 5.56 Å². The third-order valence-electron chi connectivity index (χ3n) is 7.55. The minimum atomic E-state index is -0.900. The van der Waals surface area contributed by atoms with Gasteiger partial charge in [0, 0.05) is 10.6 Å². The van der Waals surface area contributed by atoms with E-state index in [2.05, 4.69) is 25.7 Å². The van der Waals surface area contributed by atoms with Gasteiger partial charge >= 0.3 is 11.9 Å². The molecule has 0 saturated carbocycles. The van der Waals surface area contributed by atoms with Gasteiger partial charge in [0.2, 0.25) is 0 Å². The van der Waals surface area contributed by atoms with Gasteiger partial charge in [-0.05, 0) is 84.2 Å². The Morgan fingerprint density at radius 3 is 2.48 bits per heavy atom. The van der Waals surface area contributed by atoms with Crippen LogP contribution in [-0.2, 0) is 25.7 Å². The Labute approximate surface area is 305 Å². The second kappa shape index (κ2) is 16.4. The van der Waals surface area contributed by atoms with E-state index in [4.69, 9.17) is 35.3 Å². The summed E-state index contributed by atoms with van der Waals surface area (Å²) in [6.45, 7) is 5.54. The van der Waals surface area contributed by atoms with E-state index >= 15 is 0 Å². The number of esters is 2. The zero-order chi connectivity index (χ0) is 35.9. The lowest BCUT2D eigenvalue weighted by atomic mass is 9.95. The molecule has 3 aromatic carbocycles. The molecule has 11 nitrogen and oxygen atoms in total. The summed E-state index contributed by atoms with van der Waals surface area (Å²) in [6, 6.07) is 15.1. The quantitative estimate of drug-likeness (QED) is 0.156. The highest BCUT2D eigenvalue weighted by atomic mass is 79.9. The fraction of sp³-hybridized carbons (Fsp3) is 0.278. The highest BCUT2D eigenvalue weighted by Gasteiger charge is 2.34. The number of hydrogen-bond donors (Lipinski definition) is 0. The predicted octanol–water partition coefficient (Wildman–Crippen LogP) is 5.75. The topological polar surface area (TPSA) is 124 Å². The third-order valence-corrected chi connectivity index (χ3v) is 9.49. The number of fused-ring (bicyclic) bond motifs is 1. The lowest BCUT2D eigenvalue weighted by Crippen LogP contribution is -2.40.